The molecule has 1 amide bonds. The number of methoxy groups -OCH3 is 1. The number of aromatic amines is 1. The minimum Gasteiger partial charge on any atom is -0.481 e. The van der Waals surface area contributed by atoms with Crippen molar-refractivity contribution in [3.63, 3.8) is 0 Å². The van der Waals surface area contributed by atoms with E-state index in [0.717, 1.165) is 11.1 Å². The van der Waals surface area contributed by atoms with Gasteiger partial charge in [0.15, 0.2) is 0 Å². The molecule has 0 saturated heterocycles. The summed E-state index contributed by atoms with van der Waals surface area (Å²) in [6.45, 7) is 0. The number of hydrogen-bond donors (Lipinski definition) is 4. The first-order valence-electron chi connectivity index (χ1n) is 8.06. The molecule has 9 heteroatoms. The Balaban J connectivity index is 1.75. The van der Waals surface area contributed by atoms with Gasteiger partial charge in [-0.05, 0) is 24.1 Å². The molecule has 0 unspecified atom stereocenters. The van der Waals surface area contributed by atoms with E-state index >= 15 is 0 Å². The summed E-state index contributed by atoms with van der Waals surface area (Å²) < 4.78 is 5.04. The van der Waals surface area contributed by atoms with Gasteiger partial charge in [-0.3, -0.25) is 5.32 Å². The van der Waals surface area contributed by atoms with Crippen LogP contribution in [0.5, 0.6) is 5.88 Å². The van der Waals surface area contributed by atoms with E-state index in [1.54, 1.807) is 43.6 Å². The quantitative estimate of drug-likeness (QED) is 0.513. The molecule has 3 aromatic rings. The third-order valence-electron chi connectivity index (χ3n) is 3.90. The van der Waals surface area contributed by atoms with Gasteiger partial charge in [0.25, 0.3) is 0 Å². The Kier molecular flexibility index (Phi) is 5.58. The summed E-state index contributed by atoms with van der Waals surface area (Å²) in [6.07, 6.45) is 1.11. The predicted molar refractivity (Wildman–Crippen MR) is 102 cm³/mol. The lowest BCUT2D eigenvalue weighted by atomic mass is 10.1. The fourth-order valence-corrected chi connectivity index (χ4v) is 2.82. The normalized spacial score (nSPS) is 11.8. The first kappa shape index (κ1) is 18.7. The number of nitrogens with two attached hydrogens (primary N) is 1. The van der Waals surface area contributed by atoms with Crippen LogP contribution in [0.15, 0.2) is 42.6 Å². The Labute approximate surface area is 160 Å². The summed E-state index contributed by atoms with van der Waals surface area (Å²) in [5.74, 6) is 1.09. The molecule has 3 rings (SSSR count). The van der Waals surface area contributed by atoms with E-state index in [4.69, 9.17) is 27.2 Å². The summed E-state index contributed by atoms with van der Waals surface area (Å²) in [4.78, 5) is 22.3. The van der Waals surface area contributed by atoms with Gasteiger partial charge >= 0.3 is 6.09 Å². The zero-order valence-electron chi connectivity index (χ0n) is 14.4. The first-order chi connectivity index (χ1) is 13.0. The molecule has 1 aromatic carbocycles. The van der Waals surface area contributed by atoms with Crippen LogP contribution in [0.1, 0.15) is 17.4 Å². The summed E-state index contributed by atoms with van der Waals surface area (Å²) in [7, 11) is 1.56. The van der Waals surface area contributed by atoms with Crippen molar-refractivity contribution in [3.8, 4) is 17.1 Å². The zero-order chi connectivity index (χ0) is 19.4. The number of carboxylic acid groups (broad SMARTS) is 1. The number of hydrogen-bond acceptors (Lipinski definition) is 5. The largest absolute Gasteiger partial charge is 0.481 e. The smallest absolute Gasteiger partial charge is 0.409 e. The zero-order valence-corrected chi connectivity index (χ0v) is 15.2. The molecule has 1 atom stereocenters. The number of anilines is 1. The molecule has 0 radical (unpaired) electrons. The van der Waals surface area contributed by atoms with E-state index in [1.807, 2.05) is 6.07 Å². The molecule has 0 fully saturated rings. The maximum Gasteiger partial charge on any atom is 0.409 e. The van der Waals surface area contributed by atoms with Crippen molar-refractivity contribution >= 4 is 23.4 Å². The Hall–Kier alpha value is -3.10. The highest BCUT2D eigenvalue weighted by atomic mass is 35.5. The average Bonchev–Trinajstić information content (AvgIpc) is 3.04. The molecule has 27 heavy (non-hydrogen) atoms. The van der Waals surface area contributed by atoms with Crippen LogP contribution in [0, 0.1) is 0 Å². The van der Waals surface area contributed by atoms with E-state index in [0.29, 0.717) is 34.7 Å². The van der Waals surface area contributed by atoms with Gasteiger partial charge in [0.1, 0.15) is 16.7 Å². The van der Waals surface area contributed by atoms with Crippen molar-refractivity contribution in [2.45, 2.75) is 12.5 Å². The highest BCUT2D eigenvalue weighted by Gasteiger charge is 2.16. The number of benzene rings is 1. The second-order valence-corrected chi connectivity index (χ2v) is 6.19. The van der Waals surface area contributed by atoms with Crippen LogP contribution >= 0.6 is 11.6 Å². The average molecular weight is 388 g/mol. The molecule has 8 nitrogen and oxygen atoms in total. The molecule has 140 valence electrons. The Morgan fingerprint density at radius 1 is 1.33 bits per heavy atom. The molecule has 0 aliphatic heterocycles. The number of nitrogens with one attached hydrogen (secondary N) is 2. The molecular weight excluding hydrogens is 370 g/mol. The van der Waals surface area contributed by atoms with Crippen LogP contribution < -0.4 is 15.8 Å². The molecular formula is C18H18ClN5O3. The molecule has 2 heterocycles. The van der Waals surface area contributed by atoms with E-state index in [9.17, 15) is 4.79 Å². The molecule has 5 N–H and O–H groups in total. The van der Waals surface area contributed by atoms with Crippen LogP contribution in [0.3, 0.4) is 0 Å². The van der Waals surface area contributed by atoms with Gasteiger partial charge in [0.05, 0.1) is 13.2 Å². The van der Waals surface area contributed by atoms with Crippen LogP contribution in [0.25, 0.3) is 11.3 Å². The lowest BCUT2D eigenvalue weighted by Crippen LogP contribution is -2.15. The third kappa shape index (κ3) is 4.55. The maximum absolute atomic E-state index is 10.7. The monoisotopic (exact) mass is 387 g/mol. The number of aromatic nitrogens is 3. The van der Waals surface area contributed by atoms with Gasteiger partial charge in [0.2, 0.25) is 5.88 Å². The van der Waals surface area contributed by atoms with Gasteiger partial charge < -0.3 is 20.6 Å². The van der Waals surface area contributed by atoms with E-state index in [2.05, 4.69) is 20.3 Å². The van der Waals surface area contributed by atoms with Crippen LogP contribution in [-0.4, -0.2) is 33.3 Å². The number of nitrogens with zero attached hydrogens (tertiary/aromatic N) is 2. The van der Waals surface area contributed by atoms with Gasteiger partial charge in [-0.1, -0.05) is 29.8 Å². The predicted octanol–water partition coefficient (Wildman–Crippen LogP) is 3.47. The number of rotatable bonds is 6. The number of halogens is 1. The van der Waals surface area contributed by atoms with E-state index < -0.39 is 6.09 Å². The van der Waals surface area contributed by atoms with Crippen LogP contribution in [-0.2, 0) is 6.42 Å². The molecule has 0 bridgehead atoms. The SMILES string of the molecule is COc1ccc(C[C@H](N)c2nc(-c3ccc(NC(=O)O)cc3)c(Cl)[nH]2)cn1. The number of imidazole rings is 1. The van der Waals surface area contributed by atoms with Crippen molar-refractivity contribution in [2.75, 3.05) is 12.4 Å². The van der Waals surface area contributed by atoms with Crippen molar-refractivity contribution in [1.82, 2.24) is 15.0 Å². The van der Waals surface area contributed by atoms with Crippen molar-refractivity contribution < 1.29 is 14.6 Å². The number of ether oxygens (including phenoxy) is 1. The second kappa shape index (κ2) is 8.07. The standard InChI is InChI=1S/C18H18ClN5O3/c1-27-14-7-2-10(9-21-14)8-13(20)17-23-15(16(19)24-17)11-3-5-12(6-4-11)22-18(25)26/h2-7,9,13,22H,8,20H2,1H3,(H,23,24)(H,25,26)/t13-/m0/s1. The van der Waals surface area contributed by atoms with Crippen molar-refractivity contribution in [3.05, 3.63) is 59.1 Å². The summed E-state index contributed by atoms with van der Waals surface area (Å²) >= 11 is 6.28. The van der Waals surface area contributed by atoms with Gasteiger partial charge in [-0.25, -0.2) is 14.8 Å². The number of H-pyrrole nitrogens is 1. The number of amides is 1. The van der Waals surface area contributed by atoms with Crippen LogP contribution in [0.2, 0.25) is 5.15 Å². The van der Waals surface area contributed by atoms with Gasteiger partial charge in [0, 0.05) is 23.5 Å². The Morgan fingerprint density at radius 2 is 2.07 bits per heavy atom. The van der Waals surface area contributed by atoms with Crippen LogP contribution in [0.4, 0.5) is 10.5 Å². The molecule has 0 spiro atoms. The molecule has 0 saturated carbocycles. The van der Waals surface area contributed by atoms with E-state index in [-0.39, 0.29) is 6.04 Å². The first-order valence-corrected chi connectivity index (χ1v) is 8.44. The van der Waals surface area contributed by atoms with E-state index in [1.165, 1.54) is 0 Å². The van der Waals surface area contributed by atoms with Gasteiger partial charge in [-0.15, -0.1) is 0 Å². The van der Waals surface area contributed by atoms with Crippen molar-refractivity contribution in [2.24, 2.45) is 5.73 Å². The maximum atomic E-state index is 10.7. The minimum absolute atomic E-state index is 0.368. The molecule has 2 aromatic heterocycles. The Bertz CT molecular complexity index is 925. The highest BCUT2D eigenvalue weighted by Crippen LogP contribution is 2.28. The highest BCUT2D eigenvalue weighted by molar-refractivity contribution is 6.31. The fourth-order valence-electron chi connectivity index (χ4n) is 2.57. The summed E-state index contributed by atoms with van der Waals surface area (Å²) in [6, 6.07) is 10.0. The summed E-state index contributed by atoms with van der Waals surface area (Å²) in [5, 5.41) is 11.4. The lowest BCUT2D eigenvalue weighted by molar-refractivity contribution is 0.210. The Morgan fingerprint density at radius 3 is 2.67 bits per heavy atom. The summed E-state index contributed by atoms with van der Waals surface area (Å²) in [5.41, 5.74) is 8.96. The second-order valence-electron chi connectivity index (χ2n) is 5.81. The topological polar surface area (TPSA) is 126 Å². The molecule has 0 aliphatic carbocycles. The third-order valence-corrected chi connectivity index (χ3v) is 4.17. The van der Waals surface area contributed by atoms with Crippen molar-refractivity contribution in [1.29, 1.82) is 0 Å². The number of carbonyl (C=O) groups is 1. The lowest BCUT2D eigenvalue weighted by Gasteiger charge is -2.09. The fraction of sp³-hybridized carbons (Fsp3) is 0.167. The number of pyridine rings is 1. The minimum atomic E-state index is -1.12. The van der Waals surface area contributed by atoms with Gasteiger partial charge in [-0.2, -0.15) is 0 Å². The molecule has 0 aliphatic rings.